The van der Waals surface area contributed by atoms with Gasteiger partial charge in [0.2, 0.25) is 5.95 Å². The summed E-state index contributed by atoms with van der Waals surface area (Å²) in [6, 6.07) is 11.7. The van der Waals surface area contributed by atoms with E-state index in [-0.39, 0.29) is 17.6 Å². The van der Waals surface area contributed by atoms with Crippen molar-refractivity contribution in [1.29, 1.82) is 0 Å². The fourth-order valence-corrected chi connectivity index (χ4v) is 5.65. The number of benzene rings is 1. The van der Waals surface area contributed by atoms with Gasteiger partial charge in [0, 0.05) is 44.4 Å². The molecule has 3 fully saturated rings. The molecule has 0 aliphatic carbocycles. The van der Waals surface area contributed by atoms with Crippen LogP contribution in [-0.2, 0) is 9.47 Å². The molecule has 37 heavy (non-hydrogen) atoms. The summed E-state index contributed by atoms with van der Waals surface area (Å²) in [4.78, 5) is 34.1. The number of aromatic nitrogens is 3. The average Bonchev–Trinajstić information content (AvgIpc) is 2.91. The number of anilines is 2. The maximum atomic E-state index is 12.2. The van der Waals surface area contributed by atoms with Crippen molar-refractivity contribution in [2.75, 3.05) is 76.4 Å². The number of carbonyl (C=O) groups excluding carboxylic acids is 1. The highest BCUT2D eigenvalue weighted by Gasteiger charge is 2.46. The van der Waals surface area contributed by atoms with Crippen LogP contribution >= 0.6 is 0 Å². The highest BCUT2D eigenvalue weighted by Crippen LogP contribution is 2.33. The number of pyridine rings is 1. The highest BCUT2D eigenvalue weighted by atomic mass is 16.5. The molecule has 1 N–H and O–H groups in total. The molecule has 6 rings (SSSR count). The van der Waals surface area contributed by atoms with Gasteiger partial charge in [0.1, 0.15) is 11.4 Å². The number of amides is 1. The zero-order valence-corrected chi connectivity index (χ0v) is 21.6. The van der Waals surface area contributed by atoms with Crippen molar-refractivity contribution in [3.05, 3.63) is 42.0 Å². The minimum atomic E-state index is -0.159. The summed E-state index contributed by atoms with van der Waals surface area (Å²) < 4.78 is 11.9. The molecule has 0 saturated carbocycles. The van der Waals surface area contributed by atoms with E-state index in [4.69, 9.17) is 24.4 Å². The first kappa shape index (κ1) is 24.0. The van der Waals surface area contributed by atoms with Gasteiger partial charge < -0.3 is 29.5 Å². The SMILES string of the molecule is CNC(=O)c1cccc(-c2ccc3c(N4CCOC[C@@H]4C)nc(N4CCOC5(CN(C)C5)C4)nc3n2)c1. The molecule has 1 atom stereocenters. The first-order valence-corrected chi connectivity index (χ1v) is 12.9. The van der Waals surface area contributed by atoms with Crippen LogP contribution in [0, 0.1) is 0 Å². The number of hydrogen-bond acceptors (Lipinski definition) is 9. The van der Waals surface area contributed by atoms with Gasteiger partial charge in [0.25, 0.3) is 5.91 Å². The summed E-state index contributed by atoms with van der Waals surface area (Å²) in [5.74, 6) is 1.45. The first-order chi connectivity index (χ1) is 17.9. The van der Waals surface area contributed by atoms with E-state index in [1.807, 2.05) is 30.3 Å². The molecule has 10 heteroatoms. The molecule has 0 unspecified atom stereocenters. The molecule has 194 valence electrons. The van der Waals surface area contributed by atoms with Crippen LogP contribution in [-0.4, -0.2) is 104 Å². The lowest BCUT2D eigenvalue weighted by Gasteiger charge is -2.52. The number of likely N-dealkylation sites (N-methyl/N-ethyl adjacent to an activating group) is 1. The lowest BCUT2D eigenvalue weighted by Crippen LogP contribution is -2.69. The van der Waals surface area contributed by atoms with Gasteiger partial charge in [0.15, 0.2) is 5.65 Å². The number of fused-ring (bicyclic) bond motifs is 1. The lowest BCUT2D eigenvalue weighted by molar-refractivity contribution is -0.141. The summed E-state index contributed by atoms with van der Waals surface area (Å²) in [6.07, 6.45) is 0. The quantitative estimate of drug-likeness (QED) is 0.572. The number of morpholine rings is 2. The van der Waals surface area contributed by atoms with Crippen molar-refractivity contribution >= 4 is 28.7 Å². The topological polar surface area (TPSA) is 96.0 Å². The first-order valence-electron chi connectivity index (χ1n) is 12.9. The molecule has 3 aliphatic heterocycles. The Morgan fingerprint density at radius 3 is 2.73 bits per heavy atom. The van der Waals surface area contributed by atoms with E-state index in [2.05, 4.69) is 34.0 Å². The standard InChI is InChI=1S/C27H33N7O3/c1-18-14-36-11-10-34(18)24-21-7-8-22(19-5-4-6-20(13-19)25(35)28-2)29-23(21)30-26(31-24)33-9-12-37-27(17-33)15-32(3)16-27/h4-8,13,18H,9-12,14-17H2,1-3H3,(H,28,35)/t18-/m0/s1. The zero-order chi connectivity index (χ0) is 25.6. The minimum absolute atomic E-state index is 0.126. The van der Waals surface area contributed by atoms with E-state index >= 15 is 0 Å². The molecule has 1 amide bonds. The van der Waals surface area contributed by atoms with Crippen molar-refractivity contribution in [2.45, 2.75) is 18.6 Å². The molecule has 0 radical (unpaired) electrons. The van der Waals surface area contributed by atoms with E-state index in [0.717, 1.165) is 55.2 Å². The van der Waals surface area contributed by atoms with E-state index in [0.29, 0.717) is 37.0 Å². The van der Waals surface area contributed by atoms with Gasteiger partial charge in [0.05, 0.1) is 43.5 Å². The fourth-order valence-electron chi connectivity index (χ4n) is 5.65. The lowest BCUT2D eigenvalue weighted by atomic mass is 9.93. The number of nitrogens with one attached hydrogen (secondary N) is 1. The van der Waals surface area contributed by atoms with E-state index in [1.54, 1.807) is 13.1 Å². The molecule has 5 heterocycles. The van der Waals surface area contributed by atoms with Crippen molar-refractivity contribution in [3.63, 3.8) is 0 Å². The van der Waals surface area contributed by atoms with Crippen molar-refractivity contribution < 1.29 is 14.3 Å². The summed E-state index contributed by atoms with van der Waals surface area (Å²) in [5, 5.41) is 3.60. The number of hydrogen-bond donors (Lipinski definition) is 1. The molecule has 2 aromatic heterocycles. The van der Waals surface area contributed by atoms with E-state index in [9.17, 15) is 4.79 Å². The van der Waals surface area contributed by atoms with Gasteiger partial charge in [-0.15, -0.1) is 0 Å². The predicted molar refractivity (Wildman–Crippen MR) is 142 cm³/mol. The Balaban J connectivity index is 1.43. The maximum absolute atomic E-state index is 12.2. The van der Waals surface area contributed by atoms with Crippen LogP contribution < -0.4 is 15.1 Å². The van der Waals surface area contributed by atoms with E-state index < -0.39 is 0 Å². The number of nitrogens with zero attached hydrogens (tertiary/aromatic N) is 6. The Kier molecular flexibility index (Phi) is 6.18. The van der Waals surface area contributed by atoms with Crippen LogP contribution in [0.1, 0.15) is 17.3 Å². The Hall–Kier alpha value is -3.34. The highest BCUT2D eigenvalue weighted by molar-refractivity contribution is 5.95. The third kappa shape index (κ3) is 4.49. The molecular formula is C27H33N7O3. The Morgan fingerprint density at radius 2 is 1.95 bits per heavy atom. The van der Waals surface area contributed by atoms with Crippen LogP contribution in [0.2, 0.25) is 0 Å². The number of ether oxygens (including phenoxy) is 2. The third-order valence-corrected chi connectivity index (χ3v) is 7.46. The van der Waals surface area contributed by atoms with Gasteiger partial charge in [-0.2, -0.15) is 9.97 Å². The van der Waals surface area contributed by atoms with Crippen LogP contribution in [0.15, 0.2) is 36.4 Å². The number of carbonyl (C=O) groups is 1. The number of likely N-dealkylation sites (tertiary alicyclic amines) is 1. The second-order valence-corrected chi connectivity index (χ2v) is 10.3. The molecule has 1 aromatic carbocycles. The van der Waals surface area contributed by atoms with Crippen molar-refractivity contribution in [1.82, 2.24) is 25.2 Å². The molecule has 1 spiro atoms. The predicted octanol–water partition coefficient (Wildman–Crippen LogP) is 1.80. The average molecular weight is 504 g/mol. The molecular weight excluding hydrogens is 470 g/mol. The largest absolute Gasteiger partial charge is 0.377 e. The summed E-state index contributed by atoms with van der Waals surface area (Å²) in [5.41, 5.74) is 2.72. The number of rotatable bonds is 4. The van der Waals surface area contributed by atoms with Gasteiger partial charge in [-0.05, 0) is 38.2 Å². The molecule has 3 aliphatic rings. The normalized spacial score (nSPS) is 21.8. The van der Waals surface area contributed by atoms with Crippen LogP contribution in [0.25, 0.3) is 22.3 Å². The summed E-state index contributed by atoms with van der Waals surface area (Å²) >= 11 is 0. The van der Waals surface area contributed by atoms with Crippen LogP contribution in [0.4, 0.5) is 11.8 Å². The van der Waals surface area contributed by atoms with Gasteiger partial charge >= 0.3 is 0 Å². The Bertz CT molecular complexity index is 1320. The van der Waals surface area contributed by atoms with Gasteiger partial charge in [-0.3, -0.25) is 4.79 Å². The Morgan fingerprint density at radius 1 is 1.08 bits per heavy atom. The summed E-state index contributed by atoms with van der Waals surface area (Å²) in [6.45, 7) is 8.22. The smallest absolute Gasteiger partial charge is 0.251 e. The second kappa shape index (κ2) is 9.51. The van der Waals surface area contributed by atoms with Crippen molar-refractivity contribution in [2.24, 2.45) is 0 Å². The molecule has 10 nitrogen and oxygen atoms in total. The monoisotopic (exact) mass is 503 g/mol. The molecule has 3 aromatic rings. The molecule has 3 saturated heterocycles. The van der Waals surface area contributed by atoms with Gasteiger partial charge in [-0.25, -0.2) is 4.98 Å². The van der Waals surface area contributed by atoms with Crippen molar-refractivity contribution in [3.8, 4) is 11.3 Å². The summed E-state index contributed by atoms with van der Waals surface area (Å²) in [7, 11) is 3.75. The Labute approximate surface area is 216 Å². The van der Waals surface area contributed by atoms with Crippen LogP contribution in [0.3, 0.4) is 0 Å². The van der Waals surface area contributed by atoms with Gasteiger partial charge in [-0.1, -0.05) is 12.1 Å². The third-order valence-electron chi connectivity index (χ3n) is 7.46. The van der Waals surface area contributed by atoms with Crippen LogP contribution in [0.5, 0.6) is 0 Å². The maximum Gasteiger partial charge on any atom is 0.251 e. The second-order valence-electron chi connectivity index (χ2n) is 10.3. The fraction of sp³-hybridized carbons (Fsp3) is 0.481. The van der Waals surface area contributed by atoms with E-state index in [1.165, 1.54) is 0 Å². The minimum Gasteiger partial charge on any atom is -0.377 e. The molecule has 0 bridgehead atoms. The zero-order valence-electron chi connectivity index (χ0n) is 21.6.